The van der Waals surface area contributed by atoms with Crippen molar-refractivity contribution in [1.29, 1.82) is 0 Å². The third-order valence-corrected chi connectivity index (χ3v) is 2.66. The number of hydrogen-bond donors (Lipinski definition) is 3. The summed E-state index contributed by atoms with van der Waals surface area (Å²) < 4.78 is 4.61. The highest BCUT2D eigenvalue weighted by Crippen LogP contribution is 2.22. The normalized spacial score (nSPS) is 13.7. The van der Waals surface area contributed by atoms with E-state index < -0.39 is 24.1 Å². The van der Waals surface area contributed by atoms with Crippen molar-refractivity contribution in [3.63, 3.8) is 0 Å². The molecule has 1 aromatic rings. The van der Waals surface area contributed by atoms with Gasteiger partial charge < -0.3 is 20.1 Å². The minimum Gasteiger partial charge on any atom is -0.478 e. The van der Waals surface area contributed by atoms with Gasteiger partial charge in [0.1, 0.15) is 6.10 Å². The van der Waals surface area contributed by atoms with Crippen LogP contribution in [0, 0.1) is 6.92 Å². The Morgan fingerprint density at radius 1 is 1.32 bits per heavy atom. The van der Waals surface area contributed by atoms with Crippen molar-refractivity contribution in [1.82, 2.24) is 0 Å². The highest BCUT2D eigenvalue weighted by Gasteiger charge is 2.28. The molecule has 0 heterocycles. The van der Waals surface area contributed by atoms with Gasteiger partial charge in [0.05, 0.1) is 12.2 Å². The van der Waals surface area contributed by atoms with Crippen LogP contribution in [0.5, 0.6) is 0 Å². The fourth-order valence-electron chi connectivity index (χ4n) is 1.67. The number of carbonyl (C=O) groups excluding carboxylic acids is 1. The van der Waals surface area contributed by atoms with Crippen LogP contribution in [0.25, 0.3) is 0 Å². The number of aliphatic hydroxyl groups excluding tert-OH is 2. The van der Waals surface area contributed by atoms with Crippen LogP contribution in [0.1, 0.15) is 34.5 Å². The standard InChI is InChI=1S/C13H16O6/c1-3-19-13(18)11(15)10(14)9-5-4-8(12(16)17)6-7(9)2/h4-6,10-11,14-15H,3H2,1-2H3,(H,16,17). The molecule has 6 nitrogen and oxygen atoms in total. The van der Waals surface area contributed by atoms with Gasteiger partial charge in [0.15, 0.2) is 6.10 Å². The first-order valence-corrected chi connectivity index (χ1v) is 5.75. The molecule has 1 aromatic carbocycles. The molecule has 0 spiro atoms. The Hall–Kier alpha value is -1.92. The van der Waals surface area contributed by atoms with E-state index >= 15 is 0 Å². The molecular formula is C13H16O6. The van der Waals surface area contributed by atoms with E-state index in [0.29, 0.717) is 5.56 Å². The van der Waals surface area contributed by atoms with Gasteiger partial charge in [-0.3, -0.25) is 0 Å². The maximum atomic E-state index is 11.3. The largest absolute Gasteiger partial charge is 0.478 e. The second-order valence-electron chi connectivity index (χ2n) is 4.02. The molecule has 2 unspecified atom stereocenters. The van der Waals surface area contributed by atoms with E-state index in [1.807, 2.05) is 0 Å². The zero-order valence-corrected chi connectivity index (χ0v) is 10.7. The van der Waals surface area contributed by atoms with E-state index in [9.17, 15) is 19.8 Å². The fraction of sp³-hybridized carbons (Fsp3) is 0.385. The molecule has 0 saturated carbocycles. The second kappa shape index (κ2) is 6.31. The van der Waals surface area contributed by atoms with Gasteiger partial charge in [-0.1, -0.05) is 6.07 Å². The van der Waals surface area contributed by atoms with Gasteiger partial charge in [-0.2, -0.15) is 0 Å². The number of carbonyl (C=O) groups is 2. The predicted molar refractivity (Wildman–Crippen MR) is 65.7 cm³/mol. The number of aromatic carboxylic acids is 1. The third kappa shape index (κ3) is 3.52. The average Bonchev–Trinajstić information content (AvgIpc) is 2.37. The van der Waals surface area contributed by atoms with Gasteiger partial charge >= 0.3 is 11.9 Å². The summed E-state index contributed by atoms with van der Waals surface area (Å²) in [6.45, 7) is 3.27. The van der Waals surface area contributed by atoms with Crippen molar-refractivity contribution in [2.45, 2.75) is 26.1 Å². The maximum Gasteiger partial charge on any atom is 0.338 e. The van der Waals surface area contributed by atoms with Gasteiger partial charge in [0, 0.05) is 0 Å². The number of aryl methyl sites for hydroxylation is 1. The smallest absolute Gasteiger partial charge is 0.338 e. The summed E-state index contributed by atoms with van der Waals surface area (Å²) >= 11 is 0. The Kier molecular flexibility index (Phi) is 5.02. The molecular weight excluding hydrogens is 252 g/mol. The first kappa shape index (κ1) is 15.1. The highest BCUT2D eigenvalue weighted by molar-refractivity contribution is 5.88. The van der Waals surface area contributed by atoms with Crippen molar-refractivity contribution >= 4 is 11.9 Å². The number of carboxylic acid groups (broad SMARTS) is 1. The number of rotatable bonds is 5. The summed E-state index contributed by atoms with van der Waals surface area (Å²) in [5.41, 5.74) is 0.820. The topological polar surface area (TPSA) is 104 Å². The summed E-state index contributed by atoms with van der Waals surface area (Å²) in [7, 11) is 0. The molecule has 3 N–H and O–H groups in total. The lowest BCUT2D eigenvalue weighted by Crippen LogP contribution is -2.30. The van der Waals surface area contributed by atoms with Crippen LogP contribution >= 0.6 is 0 Å². The Morgan fingerprint density at radius 2 is 1.95 bits per heavy atom. The molecule has 0 aliphatic carbocycles. The molecule has 2 atom stereocenters. The first-order chi connectivity index (χ1) is 8.88. The summed E-state index contributed by atoms with van der Waals surface area (Å²) in [4.78, 5) is 22.1. The molecule has 0 fully saturated rings. The quantitative estimate of drug-likeness (QED) is 0.677. The zero-order chi connectivity index (χ0) is 14.6. The number of hydrogen-bond acceptors (Lipinski definition) is 5. The van der Waals surface area contributed by atoms with Gasteiger partial charge in [0.2, 0.25) is 0 Å². The molecule has 0 bridgehead atoms. The summed E-state index contributed by atoms with van der Waals surface area (Å²) in [6, 6.07) is 4.02. The van der Waals surface area contributed by atoms with Crippen molar-refractivity contribution in [3.8, 4) is 0 Å². The van der Waals surface area contributed by atoms with Gasteiger partial charge in [0.25, 0.3) is 0 Å². The van der Waals surface area contributed by atoms with E-state index in [-0.39, 0.29) is 17.7 Å². The van der Waals surface area contributed by atoms with Crippen molar-refractivity contribution in [3.05, 3.63) is 34.9 Å². The summed E-state index contributed by atoms with van der Waals surface area (Å²) in [6.07, 6.45) is -3.16. The van der Waals surface area contributed by atoms with Crippen LogP contribution < -0.4 is 0 Å². The van der Waals surface area contributed by atoms with Crippen molar-refractivity contribution < 1.29 is 29.6 Å². The molecule has 0 aliphatic heterocycles. The lowest BCUT2D eigenvalue weighted by molar-refractivity contribution is -0.159. The molecule has 0 aliphatic rings. The zero-order valence-electron chi connectivity index (χ0n) is 10.7. The van der Waals surface area contributed by atoms with E-state index in [0.717, 1.165) is 0 Å². The average molecular weight is 268 g/mol. The Morgan fingerprint density at radius 3 is 2.42 bits per heavy atom. The van der Waals surface area contributed by atoms with Crippen molar-refractivity contribution in [2.75, 3.05) is 6.61 Å². The minimum absolute atomic E-state index is 0.0686. The molecule has 0 saturated heterocycles. The highest BCUT2D eigenvalue weighted by atomic mass is 16.5. The van der Waals surface area contributed by atoms with E-state index in [2.05, 4.69) is 4.74 Å². The van der Waals surface area contributed by atoms with Gasteiger partial charge in [-0.05, 0) is 37.1 Å². The van der Waals surface area contributed by atoms with Crippen LogP contribution in [0.2, 0.25) is 0 Å². The van der Waals surface area contributed by atoms with E-state index in [4.69, 9.17) is 5.11 Å². The Balaban J connectivity index is 2.96. The minimum atomic E-state index is -1.70. The van der Waals surface area contributed by atoms with Crippen LogP contribution in [-0.4, -0.2) is 40.0 Å². The lowest BCUT2D eigenvalue weighted by atomic mass is 9.97. The molecule has 19 heavy (non-hydrogen) atoms. The van der Waals surface area contributed by atoms with Crippen LogP contribution in [0.3, 0.4) is 0 Å². The molecule has 0 amide bonds. The predicted octanol–water partition coefficient (Wildman–Crippen LogP) is 0.651. The Bertz CT molecular complexity index is 482. The SMILES string of the molecule is CCOC(=O)C(O)C(O)c1ccc(C(=O)O)cc1C. The third-order valence-electron chi connectivity index (χ3n) is 2.66. The molecule has 0 aromatic heterocycles. The van der Waals surface area contributed by atoms with Crippen LogP contribution in [0.15, 0.2) is 18.2 Å². The monoisotopic (exact) mass is 268 g/mol. The molecule has 104 valence electrons. The number of benzene rings is 1. The number of esters is 1. The molecule has 1 rings (SSSR count). The number of aliphatic hydroxyl groups is 2. The lowest BCUT2D eigenvalue weighted by Gasteiger charge is -2.18. The summed E-state index contributed by atoms with van der Waals surface area (Å²) in [5, 5.41) is 28.4. The number of carboxylic acids is 1. The van der Waals surface area contributed by atoms with Gasteiger partial charge in [-0.25, -0.2) is 9.59 Å². The fourth-order valence-corrected chi connectivity index (χ4v) is 1.67. The summed E-state index contributed by atoms with van der Waals surface area (Å²) in [5.74, 6) is -2.01. The van der Waals surface area contributed by atoms with E-state index in [1.54, 1.807) is 13.8 Å². The number of ether oxygens (including phenoxy) is 1. The van der Waals surface area contributed by atoms with Crippen LogP contribution in [0.4, 0.5) is 0 Å². The van der Waals surface area contributed by atoms with Crippen LogP contribution in [-0.2, 0) is 9.53 Å². The molecule has 0 radical (unpaired) electrons. The van der Waals surface area contributed by atoms with Crippen molar-refractivity contribution in [2.24, 2.45) is 0 Å². The van der Waals surface area contributed by atoms with Gasteiger partial charge in [-0.15, -0.1) is 0 Å². The Labute approximate surface area is 110 Å². The van der Waals surface area contributed by atoms with E-state index in [1.165, 1.54) is 18.2 Å². The maximum absolute atomic E-state index is 11.3. The second-order valence-corrected chi connectivity index (χ2v) is 4.02. The first-order valence-electron chi connectivity index (χ1n) is 5.75. The molecule has 6 heteroatoms.